The van der Waals surface area contributed by atoms with E-state index in [1.165, 1.54) is 12.8 Å². The molecule has 1 atom stereocenters. The second kappa shape index (κ2) is 10.4. The van der Waals surface area contributed by atoms with Crippen LogP contribution in [0, 0.1) is 0 Å². The molecule has 3 nitrogen and oxygen atoms in total. The van der Waals surface area contributed by atoms with Crippen LogP contribution in [0.3, 0.4) is 0 Å². The molecule has 0 aliphatic rings. The van der Waals surface area contributed by atoms with Crippen molar-refractivity contribution < 1.29 is 9.84 Å². The van der Waals surface area contributed by atoms with E-state index in [2.05, 4.69) is 31.2 Å². The van der Waals surface area contributed by atoms with Crippen molar-refractivity contribution in [3.8, 4) is 5.75 Å². The highest BCUT2D eigenvalue weighted by Gasteiger charge is 2.06. The number of aliphatic hydroxyl groups is 1. The van der Waals surface area contributed by atoms with Crippen LogP contribution >= 0.6 is 0 Å². The van der Waals surface area contributed by atoms with Crippen molar-refractivity contribution in [3.63, 3.8) is 0 Å². The lowest BCUT2D eigenvalue weighted by Gasteiger charge is -2.20. The molecule has 0 amide bonds. The van der Waals surface area contributed by atoms with E-state index in [1.54, 1.807) is 0 Å². The molecule has 0 radical (unpaired) electrons. The maximum Gasteiger partial charge on any atom is 0.119 e. The number of likely N-dealkylation sites (N-methyl/N-ethyl adjacent to an activating group) is 1. The van der Waals surface area contributed by atoms with Crippen LogP contribution in [-0.2, 0) is 0 Å². The van der Waals surface area contributed by atoms with Gasteiger partial charge in [-0.1, -0.05) is 44.1 Å². The Balaban J connectivity index is 2.39. The molecular formula is C18H29NO2. The van der Waals surface area contributed by atoms with Gasteiger partial charge in [0.05, 0.1) is 13.2 Å². The third-order valence-electron chi connectivity index (χ3n) is 3.56. The third-order valence-corrected chi connectivity index (χ3v) is 3.56. The van der Waals surface area contributed by atoms with Gasteiger partial charge in [0.15, 0.2) is 0 Å². The maximum atomic E-state index is 9.26. The average Bonchev–Trinajstić information content (AvgIpc) is 2.49. The topological polar surface area (TPSA) is 32.7 Å². The Morgan fingerprint density at radius 2 is 1.90 bits per heavy atom. The summed E-state index contributed by atoms with van der Waals surface area (Å²) in [6.07, 6.45) is 8.60. The van der Waals surface area contributed by atoms with E-state index >= 15 is 0 Å². The number of hydrogen-bond donors (Lipinski definition) is 1. The smallest absolute Gasteiger partial charge is 0.119 e. The van der Waals surface area contributed by atoms with E-state index in [0.29, 0.717) is 0 Å². The van der Waals surface area contributed by atoms with Gasteiger partial charge in [-0.25, -0.2) is 0 Å². The number of rotatable bonds is 10. The molecule has 3 heteroatoms. The lowest BCUT2D eigenvalue weighted by atomic mass is 10.1. The Kier molecular flexibility index (Phi) is 8.79. The highest BCUT2D eigenvalue weighted by molar-refractivity contribution is 5.50. The number of nitrogens with zero attached hydrogens (tertiary/aromatic N) is 1. The summed E-state index contributed by atoms with van der Waals surface area (Å²) in [7, 11) is 3.97. The molecule has 1 rings (SSSR count). The zero-order chi connectivity index (χ0) is 15.5. The molecule has 0 fully saturated rings. The first-order chi connectivity index (χ1) is 10.2. The minimum atomic E-state index is 0.182. The van der Waals surface area contributed by atoms with E-state index < -0.39 is 0 Å². The first-order valence-electron chi connectivity index (χ1n) is 7.84. The van der Waals surface area contributed by atoms with E-state index in [9.17, 15) is 5.11 Å². The Bertz CT molecular complexity index is 398. The van der Waals surface area contributed by atoms with Crippen LogP contribution in [0.4, 0.5) is 0 Å². The molecule has 0 saturated carbocycles. The maximum absolute atomic E-state index is 9.26. The monoisotopic (exact) mass is 291 g/mol. The van der Waals surface area contributed by atoms with Crippen molar-refractivity contribution >= 4 is 6.08 Å². The summed E-state index contributed by atoms with van der Waals surface area (Å²) in [6.45, 7) is 3.17. The predicted molar refractivity (Wildman–Crippen MR) is 89.7 cm³/mol. The van der Waals surface area contributed by atoms with Gasteiger partial charge in [-0.05, 0) is 44.6 Å². The molecule has 0 aliphatic heterocycles. The molecule has 21 heavy (non-hydrogen) atoms. The highest BCUT2D eigenvalue weighted by atomic mass is 16.5. The minimum Gasteiger partial charge on any atom is -0.494 e. The molecule has 0 heterocycles. The van der Waals surface area contributed by atoms with Crippen molar-refractivity contribution in [1.82, 2.24) is 4.90 Å². The van der Waals surface area contributed by atoms with Gasteiger partial charge in [0, 0.05) is 6.04 Å². The van der Waals surface area contributed by atoms with Crippen LogP contribution in [0.25, 0.3) is 6.08 Å². The molecule has 0 bridgehead atoms. The van der Waals surface area contributed by atoms with Crippen molar-refractivity contribution in [2.24, 2.45) is 0 Å². The molecule has 1 unspecified atom stereocenters. The highest BCUT2D eigenvalue weighted by Crippen LogP contribution is 2.14. The molecule has 1 N–H and O–H groups in total. The minimum absolute atomic E-state index is 0.182. The van der Waals surface area contributed by atoms with Gasteiger partial charge in [0.25, 0.3) is 0 Å². The zero-order valence-electron chi connectivity index (χ0n) is 13.6. The number of aliphatic hydroxyl groups excluding tert-OH is 1. The fourth-order valence-electron chi connectivity index (χ4n) is 2.03. The third kappa shape index (κ3) is 7.30. The van der Waals surface area contributed by atoms with E-state index in [4.69, 9.17) is 4.74 Å². The van der Waals surface area contributed by atoms with Crippen LogP contribution in [0.5, 0.6) is 5.75 Å². The summed E-state index contributed by atoms with van der Waals surface area (Å²) in [5.41, 5.74) is 1.16. The molecular weight excluding hydrogens is 262 g/mol. The first-order valence-corrected chi connectivity index (χ1v) is 7.84. The fourth-order valence-corrected chi connectivity index (χ4v) is 2.03. The van der Waals surface area contributed by atoms with Crippen LogP contribution in [0.1, 0.15) is 38.2 Å². The zero-order valence-corrected chi connectivity index (χ0v) is 13.6. The second-order valence-corrected chi connectivity index (χ2v) is 5.56. The summed E-state index contributed by atoms with van der Waals surface area (Å²) in [5.74, 6) is 0.935. The normalized spacial score (nSPS) is 13.0. The van der Waals surface area contributed by atoms with Crippen LogP contribution < -0.4 is 4.74 Å². The predicted octanol–water partition coefficient (Wildman–Crippen LogP) is 3.58. The van der Waals surface area contributed by atoms with Crippen molar-refractivity contribution in [2.75, 3.05) is 27.3 Å². The quantitative estimate of drug-likeness (QED) is 0.669. The van der Waals surface area contributed by atoms with E-state index in [1.807, 2.05) is 31.1 Å². The molecule has 1 aromatic carbocycles. The molecule has 0 saturated heterocycles. The molecule has 0 spiro atoms. The van der Waals surface area contributed by atoms with E-state index in [-0.39, 0.29) is 12.6 Å². The Labute approximate surface area is 129 Å². The fraction of sp³-hybridized carbons (Fsp3) is 0.556. The van der Waals surface area contributed by atoms with Crippen LogP contribution in [0.2, 0.25) is 0 Å². The number of unbranched alkanes of at least 4 members (excludes halogenated alkanes) is 2. The first kappa shape index (κ1) is 17.7. The number of ether oxygens (including phenoxy) is 1. The van der Waals surface area contributed by atoms with Gasteiger partial charge in [-0.15, -0.1) is 0 Å². The molecule has 1 aromatic rings. The second-order valence-electron chi connectivity index (χ2n) is 5.56. The summed E-state index contributed by atoms with van der Waals surface area (Å²) >= 11 is 0. The summed E-state index contributed by atoms with van der Waals surface area (Å²) < 4.78 is 5.69. The SMILES string of the molecule is CCCCCOc1ccc(/C=C/CC(CO)N(C)C)cc1. The standard InChI is InChI=1S/C18H29NO2/c1-4-5-6-14-21-18-12-10-16(11-13-18)8-7-9-17(15-20)19(2)3/h7-8,10-13,17,20H,4-6,9,14-15H2,1-3H3/b8-7+. The lowest BCUT2D eigenvalue weighted by molar-refractivity contribution is 0.171. The molecule has 118 valence electrons. The molecule has 0 aliphatic carbocycles. The van der Waals surface area contributed by atoms with Crippen molar-refractivity contribution in [1.29, 1.82) is 0 Å². The summed E-state index contributed by atoms with van der Waals surface area (Å²) in [6, 6.07) is 8.34. The van der Waals surface area contributed by atoms with Crippen LogP contribution in [-0.4, -0.2) is 43.4 Å². The van der Waals surface area contributed by atoms with Gasteiger partial charge in [0.1, 0.15) is 5.75 Å². The van der Waals surface area contributed by atoms with Crippen LogP contribution in [0.15, 0.2) is 30.3 Å². The number of benzene rings is 1. The number of hydrogen-bond acceptors (Lipinski definition) is 3. The average molecular weight is 291 g/mol. The Morgan fingerprint density at radius 1 is 1.19 bits per heavy atom. The van der Waals surface area contributed by atoms with Gasteiger partial charge in [-0.3, -0.25) is 0 Å². The van der Waals surface area contributed by atoms with Gasteiger partial charge >= 0.3 is 0 Å². The Hall–Kier alpha value is -1.32. The van der Waals surface area contributed by atoms with Gasteiger partial charge in [0.2, 0.25) is 0 Å². The van der Waals surface area contributed by atoms with Crippen molar-refractivity contribution in [2.45, 2.75) is 38.6 Å². The molecule has 0 aromatic heterocycles. The van der Waals surface area contributed by atoms with Gasteiger partial charge < -0.3 is 14.7 Å². The Morgan fingerprint density at radius 3 is 2.48 bits per heavy atom. The summed E-state index contributed by atoms with van der Waals surface area (Å²) in [5, 5.41) is 9.26. The summed E-state index contributed by atoms with van der Waals surface area (Å²) in [4.78, 5) is 2.04. The van der Waals surface area contributed by atoms with Gasteiger partial charge in [-0.2, -0.15) is 0 Å². The lowest BCUT2D eigenvalue weighted by Crippen LogP contribution is -2.30. The van der Waals surface area contributed by atoms with E-state index in [0.717, 1.165) is 30.8 Å². The van der Waals surface area contributed by atoms with Crippen molar-refractivity contribution in [3.05, 3.63) is 35.9 Å². The largest absolute Gasteiger partial charge is 0.494 e.